The first kappa shape index (κ1) is 9.95. The van der Waals surface area contributed by atoms with Gasteiger partial charge in [0.15, 0.2) is 0 Å². The van der Waals surface area contributed by atoms with Crippen molar-refractivity contribution in [2.45, 2.75) is 0 Å². The van der Waals surface area contributed by atoms with Crippen LogP contribution in [0.25, 0.3) is 11.3 Å². The molecule has 0 aliphatic rings. The normalized spacial score (nSPS) is 9.44. The van der Waals surface area contributed by atoms with Crippen LogP contribution in [0.4, 0.5) is 0 Å². The highest BCUT2D eigenvalue weighted by molar-refractivity contribution is 5.69. The van der Waals surface area contributed by atoms with E-state index in [1.807, 2.05) is 0 Å². The van der Waals surface area contributed by atoms with Gasteiger partial charge in [0, 0.05) is 12.6 Å². The van der Waals surface area contributed by atoms with Gasteiger partial charge in [-0.2, -0.15) is 15.6 Å². The van der Waals surface area contributed by atoms with Gasteiger partial charge < -0.3 is 0 Å². The summed E-state index contributed by atoms with van der Waals surface area (Å²) in [4.78, 5) is 0. The SMILES string of the molecule is Cn1n[c]cc1-c1cc(C#N)ccc1C#N. The Kier molecular flexibility index (Phi) is 2.41. The first-order valence-corrected chi connectivity index (χ1v) is 4.61. The first-order chi connectivity index (χ1) is 7.76. The Hall–Kier alpha value is -2.59. The summed E-state index contributed by atoms with van der Waals surface area (Å²) >= 11 is 0. The molecule has 0 amide bonds. The lowest BCUT2D eigenvalue weighted by molar-refractivity contribution is 0.773. The number of benzene rings is 1. The topological polar surface area (TPSA) is 65.4 Å². The minimum absolute atomic E-state index is 0.523. The van der Waals surface area contributed by atoms with Crippen molar-refractivity contribution in [2.75, 3.05) is 0 Å². The quantitative estimate of drug-likeness (QED) is 0.713. The van der Waals surface area contributed by atoms with Gasteiger partial charge in [0.2, 0.25) is 0 Å². The number of aryl methyl sites for hydroxylation is 1. The maximum Gasteiger partial charge on any atom is 0.113 e. The van der Waals surface area contributed by atoms with Gasteiger partial charge in [0.1, 0.15) is 6.20 Å². The van der Waals surface area contributed by atoms with E-state index in [9.17, 15) is 0 Å². The third-order valence-electron chi connectivity index (χ3n) is 2.30. The molecule has 1 aromatic heterocycles. The first-order valence-electron chi connectivity index (χ1n) is 4.61. The van der Waals surface area contributed by atoms with Crippen LogP contribution in [0.2, 0.25) is 0 Å². The third-order valence-corrected chi connectivity index (χ3v) is 2.30. The predicted octanol–water partition coefficient (Wildman–Crippen LogP) is 1.63. The molecule has 2 aromatic rings. The highest BCUT2D eigenvalue weighted by atomic mass is 15.3. The molecule has 0 fully saturated rings. The van der Waals surface area contributed by atoms with Crippen molar-refractivity contribution in [3.05, 3.63) is 41.6 Å². The van der Waals surface area contributed by atoms with Gasteiger partial charge in [-0.3, -0.25) is 4.68 Å². The molecule has 4 nitrogen and oxygen atoms in total. The van der Waals surface area contributed by atoms with Crippen molar-refractivity contribution in [1.82, 2.24) is 9.78 Å². The van der Waals surface area contributed by atoms with E-state index in [-0.39, 0.29) is 0 Å². The summed E-state index contributed by atoms with van der Waals surface area (Å²) in [5, 5.41) is 21.8. The maximum absolute atomic E-state index is 9.00. The van der Waals surface area contributed by atoms with E-state index in [0.29, 0.717) is 16.7 Å². The molecule has 0 N–H and O–H groups in total. The monoisotopic (exact) mass is 207 g/mol. The lowest BCUT2D eigenvalue weighted by Gasteiger charge is -2.04. The minimum Gasteiger partial charge on any atom is -0.267 e. The zero-order chi connectivity index (χ0) is 11.5. The van der Waals surface area contributed by atoms with E-state index in [4.69, 9.17) is 10.5 Å². The van der Waals surface area contributed by atoms with Crippen LogP contribution in [0.15, 0.2) is 24.3 Å². The lowest BCUT2D eigenvalue weighted by Crippen LogP contribution is -1.95. The molecule has 0 aliphatic carbocycles. The molecular formula is C12H7N4. The Bertz CT molecular complexity index is 611. The molecule has 2 rings (SSSR count). The van der Waals surface area contributed by atoms with Crippen molar-refractivity contribution in [3.8, 4) is 23.4 Å². The van der Waals surface area contributed by atoms with Crippen LogP contribution in [0.5, 0.6) is 0 Å². The van der Waals surface area contributed by atoms with E-state index >= 15 is 0 Å². The van der Waals surface area contributed by atoms with Gasteiger partial charge in [0.05, 0.1) is 29.0 Å². The minimum atomic E-state index is 0.523. The van der Waals surface area contributed by atoms with Gasteiger partial charge in [-0.1, -0.05) is 0 Å². The van der Waals surface area contributed by atoms with Gasteiger partial charge in [-0.15, -0.1) is 0 Å². The standard InChI is InChI=1S/C12H7N4/c1-16-12(4-5-15-16)11-6-9(7-13)2-3-10(11)8-14/h2-4,6H,1H3. The number of hydrogen-bond donors (Lipinski definition) is 0. The molecule has 0 saturated heterocycles. The summed E-state index contributed by atoms with van der Waals surface area (Å²) in [6.45, 7) is 0. The molecule has 0 aliphatic heterocycles. The van der Waals surface area contributed by atoms with Crippen molar-refractivity contribution in [1.29, 1.82) is 10.5 Å². The van der Waals surface area contributed by atoms with E-state index < -0.39 is 0 Å². The van der Waals surface area contributed by atoms with E-state index in [1.54, 1.807) is 36.0 Å². The number of nitriles is 2. The molecule has 1 heterocycles. The smallest absolute Gasteiger partial charge is 0.113 e. The van der Waals surface area contributed by atoms with E-state index in [0.717, 1.165) is 5.69 Å². The van der Waals surface area contributed by atoms with Crippen LogP contribution >= 0.6 is 0 Å². The fourth-order valence-corrected chi connectivity index (χ4v) is 1.50. The Labute approximate surface area is 93.0 Å². The van der Waals surface area contributed by atoms with Crippen molar-refractivity contribution >= 4 is 0 Å². The van der Waals surface area contributed by atoms with Crippen LogP contribution in [0, 0.1) is 28.9 Å². The van der Waals surface area contributed by atoms with Crippen LogP contribution in [0.3, 0.4) is 0 Å². The fourth-order valence-electron chi connectivity index (χ4n) is 1.50. The van der Waals surface area contributed by atoms with E-state index in [1.165, 1.54) is 0 Å². The second-order valence-electron chi connectivity index (χ2n) is 3.27. The zero-order valence-corrected chi connectivity index (χ0v) is 8.60. The van der Waals surface area contributed by atoms with Crippen molar-refractivity contribution < 1.29 is 0 Å². The second-order valence-corrected chi connectivity index (χ2v) is 3.27. The molecule has 16 heavy (non-hydrogen) atoms. The van der Waals surface area contributed by atoms with E-state index in [2.05, 4.69) is 23.4 Å². The van der Waals surface area contributed by atoms with Crippen LogP contribution < -0.4 is 0 Å². The second kappa shape index (κ2) is 3.88. The zero-order valence-electron chi connectivity index (χ0n) is 8.60. The summed E-state index contributed by atoms with van der Waals surface area (Å²) in [5.74, 6) is 0. The average molecular weight is 207 g/mol. The predicted molar refractivity (Wildman–Crippen MR) is 56.9 cm³/mol. The number of hydrogen-bond acceptors (Lipinski definition) is 3. The van der Waals surface area contributed by atoms with Crippen molar-refractivity contribution in [3.63, 3.8) is 0 Å². The summed E-state index contributed by atoms with van der Waals surface area (Å²) in [5.41, 5.74) is 2.53. The lowest BCUT2D eigenvalue weighted by atomic mass is 10.0. The van der Waals surface area contributed by atoms with Crippen LogP contribution in [0.1, 0.15) is 11.1 Å². The molecule has 4 heteroatoms. The van der Waals surface area contributed by atoms with Gasteiger partial charge in [-0.25, -0.2) is 0 Å². The summed E-state index contributed by atoms with van der Waals surface area (Å²) in [6, 6.07) is 10.8. The van der Waals surface area contributed by atoms with Crippen LogP contribution in [-0.4, -0.2) is 9.78 Å². The Morgan fingerprint density at radius 2 is 2.12 bits per heavy atom. The average Bonchev–Trinajstić information content (AvgIpc) is 2.74. The largest absolute Gasteiger partial charge is 0.267 e. The number of nitrogens with zero attached hydrogens (tertiary/aromatic N) is 4. The molecule has 75 valence electrons. The summed E-state index contributed by atoms with van der Waals surface area (Å²) < 4.78 is 1.62. The molecule has 0 unspecified atom stereocenters. The molecule has 0 saturated carbocycles. The molecular weight excluding hydrogens is 200 g/mol. The Balaban J connectivity index is 2.69. The highest BCUT2D eigenvalue weighted by Gasteiger charge is 2.09. The Morgan fingerprint density at radius 1 is 1.31 bits per heavy atom. The summed E-state index contributed by atoms with van der Waals surface area (Å²) in [7, 11) is 1.77. The molecule has 0 bridgehead atoms. The number of rotatable bonds is 1. The van der Waals surface area contributed by atoms with Crippen LogP contribution in [-0.2, 0) is 7.05 Å². The maximum atomic E-state index is 9.00. The van der Waals surface area contributed by atoms with Gasteiger partial charge in [0.25, 0.3) is 0 Å². The number of aromatic nitrogens is 2. The van der Waals surface area contributed by atoms with Crippen molar-refractivity contribution in [2.24, 2.45) is 7.05 Å². The molecule has 1 aromatic carbocycles. The fraction of sp³-hybridized carbons (Fsp3) is 0.0833. The van der Waals surface area contributed by atoms with Gasteiger partial charge >= 0.3 is 0 Å². The molecule has 1 radical (unpaired) electrons. The Morgan fingerprint density at radius 3 is 2.69 bits per heavy atom. The third kappa shape index (κ3) is 1.53. The molecule has 0 atom stereocenters. The van der Waals surface area contributed by atoms with Gasteiger partial charge in [-0.05, 0) is 24.3 Å². The molecule has 0 spiro atoms. The summed E-state index contributed by atoms with van der Waals surface area (Å²) in [6.07, 6.45) is 2.71. The highest BCUT2D eigenvalue weighted by Crippen LogP contribution is 2.23.